The number of aliphatic hydroxyl groups excluding tert-OH is 1. The van der Waals surface area contributed by atoms with Crippen molar-refractivity contribution in [1.82, 2.24) is 0 Å². The summed E-state index contributed by atoms with van der Waals surface area (Å²) >= 11 is 2.21. The molecule has 1 aromatic rings. The Kier molecular flexibility index (Phi) is 4.53. The Bertz CT molecular complexity index is 445. The Hall–Kier alpha value is -0.220. The zero-order chi connectivity index (χ0) is 11.4. The van der Waals surface area contributed by atoms with Crippen molar-refractivity contribution in [2.75, 3.05) is 13.2 Å². The molecule has 0 saturated heterocycles. The van der Waals surface area contributed by atoms with Crippen molar-refractivity contribution in [2.24, 2.45) is 5.16 Å². The first-order chi connectivity index (χ1) is 7.86. The Balaban J connectivity index is 2.25. The Morgan fingerprint density at radius 3 is 3.00 bits per heavy atom. The van der Waals surface area contributed by atoms with Gasteiger partial charge in [-0.25, -0.2) is 0 Å². The normalized spacial score (nSPS) is 19.1. The van der Waals surface area contributed by atoms with E-state index in [2.05, 4.69) is 23.8 Å². The van der Waals surface area contributed by atoms with E-state index in [0.717, 1.165) is 14.8 Å². The summed E-state index contributed by atoms with van der Waals surface area (Å²) < 4.78 is 6.72. The summed E-state index contributed by atoms with van der Waals surface area (Å²) in [5.41, 5.74) is 1.11. The number of aliphatic hydroxyl groups is 1. The van der Waals surface area contributed by atoms with E-state index in [0.29, 0.717) is 5.90 Å². The molecule has 0 unspecified atom stereocenters. The molecule has 0 aromatic heterocycles. The molecule has 1 aromatic carbocycles. The number of rotatable bonds is 3. The zero-order valence-corrected chi connectivity index (χ0v) is 12.5. The lowest BCUT2D eigenvalue weighted by Crippen LogP contribution is -2.12. The molecule has 0 radical (unpaired) electrons. The summed E-state index contributed by atoms with van der Waals surface area (Å²) in [7, 11) is 0. The largest absolute Gasteiger partial charge is 0.435 e. The molecule has 2 rings (SSSR count). The highest BCUT2D eigenvalue weighted by molar-refractivity contribution is 15.0. The number of hydrogen-bond acceptors (Lipinski definition) is 4. The molecule has 0 aliphatic carbocycles. The van der Waals surface area contributed by atoms with Crippen LogP contribution in [0.4, 0.5) is 0 Å². The number of nitrogens with zero attached hydrogens (tertiary/aromatic N) is 1. The average molecular weight is 445 g/mol. The molecule has 0 fully saturated rings. The smallest absolute Gasteiger partial charge is 0.270 e. The highest BCUT2D eigenvalue weighted by atomic mass is 128. The van der Waals surface area contributed by atoms with Gasteiger partial charge in [-0.3, -0.25) is 0 Å². The van der Waals surface area contributed by atoms with Crippen molar-refractivity contribution in [1.29, 1.82) is 0 Å². The summed E-state index contributed by atoms with van der Waals surface area (Å²) in [6, 6.07) is 7.85. The lowest BCUT2D eigenvalue weighted by atomic mass is 10.2. The van der Waals surface area contributed by atoms with Crippen LogP contribution in [0, 0.1) is 0 Å². The molecular formula is C10H9I2NO3. The molecular weight excluding hydrogens is 436 g/mol. The van der Waals surface area contributed by atoms with Crippen molar-refractivity contribution in [3.05, 3.63) is 29.8 Å². The molecule has 6 heteroatoms. The molecule has 0 atom stereocenters. The van der Waals surface area contributed by atoms with Gasteiger partial charge in [0, 0.05) is 5.56 Å². The van der Waals surface area contributed by atoms with Gasteiger partial charge in [0.1, 0.15) is 12.4 Å². The second kappa shape index (κ2) is 5.92. The van der Waals surface area contributed by atoms with Crippen LogP contribution in [0.1, 0.15) is 5.56 Å². The highest BCUT2D eigenvalue weighted by Gasteiger charge is 2.25. The van der Waals surface area contributed by atoms with E-state index >= 15 is 0 Å². The van der Waals surface area contributed by atoms with Crippen LogP contribution in [-0.4, -0.2) is 27.7 Å². The van der Waals surface area contributed by atoms with E-state index in [-0.39, 0.29) is 30.0 Å². The molecule has 1 heterocycles. The van der Waals surface area contributed by atoms with Gasteiger partial charge in [-0.1, -0.05) is 12.1 Å². The van der Waals surface area contributed by atoms with E-state index in [4.69, 9.17) is 14.7 Å². The SMILES string of the molecule is OCCO/N=C1\Oc2ccccc2C1=II. The van der Waals surface area contributed by atoms with Crippen molar-refractivity contribution in [3.8, 4) is 5.75 Å². The Morgan fingerprint density at radius 2 is 2.25 bits per heavy atom. The van der Waals surface area contributed by atoms with Crippen LogP contribution in [0.5, 0.6) is 5.75 Å². The number of oxime groups is 1. The van der Waals surface area contributed by atoms with Gasteiger partial charge in [0.15, 0.2) is 0 Å². The molecule has 1 aliphatic rings. The molecule has 16 heavy (non-hydrogen) atoms. The van der Waals surface area contributed by atoms with Crippen LogP contribution in [0.2, 0.25) is 0 Å². The third-order valence-electron chi connectivity index (χ3n) is 1.92. The first-order valence-corrected chi connectivity index (χ1v) is 11.9. The summed E-state index contributed by atoms with van der Waals surface area (Å²) in [6.45, 7) is 0.147. The van der Waals surface area contributed by atoms with Gasteiger partial charge in [-0.05, 0) is 52.7 Å². The van der Waals surface area contributed by atoms with E-state index in [9.17, 15) is 0 Å². The van der Waals surface area contributed by atoms with Gasteiger partial charge in [-0.15, -0.1) is 0 Å². The minimum Gasteiger partial charge on any atom is -0.435 e. The predicted molar refractivity (Wildman–Crippen MR) is 79.7 cm³/mol. The lowest BCUT2D eigenvalue weighted by molar-refractivity contribution is 0.0961. The minimum atomic E-state index is -0.159. The number of para-hydroxylation sites is 1. The first-order valence-electron chi connectivity index (χ1n) is 4.58. The molecule has 86 valence electrons. The maximum atomic E-state index is 8.60. The first kappa shape index (κ1) is 12.2. The summed E-state index contributed by atoms with van der Waals surface area (Å²) in [5.74, 6) is 1.37. The maximum Gasteiger partial charge on any atom is 0.270 e. The molecule has 0 saturated carbocycles. The molecule has 0 bridgehead atoms. The van der Waals surface area contributed by atoms with Crippen LogP contribution < -0.4 is 4.74 Å². The quantitative estimate of drug-likeness (QED) is 0.442. The van der Waals surface area contributed by atoms with E-state index in [1.54, 1.807) is 0 Å². The third kappa shape index (κ3) is 2.54. The number of benzene rings is 1. The van der Waals surface area contributed by atoms with Crippen LogP contribution in [0.25, 0.3) is 0 Å². The highest BCUT2D eigenvalue weighted by Crippen LogP contribution is 2.31. The number of hydrogen-bond donors (Lipinski definition) is 1. The average Bonchev–Trinajstić information content (AvgIpc) is 2.67. The second-order valence-electron chi connectivity index (χ2n) is 2.94. The fourth-order valence-corrected chi connectivity index (χ4v) is 4.97. The standard InChI is InChI=1S/C10H9I2NO3/c11-12-9-7-3-1-2-4-8(7)16-10(9)13-15-6-5-14/h1-4,14H,5-6H2/b13-10-. The summed E-state index contributed by atoms with van der Waals surface area (Å²) in [5, 5.41) is 12.5. The number of ether oxygens (including phenoxy) is 1. The van der Waals surface area contributed by atoms with Gasteiger partial charge in [-0.2, -0.15) is 0 Å². The Morgan fingerprint density at radius 1 is 1.44 bits per heavy atom. The maximum absolute atomic E-state index is 8.60. The van der Waals surface area contributed by atoms with Gasteiger partial charge < -0.3 is 14.7 Å². The van der Waals surface area contributed by atoms with Crippen molar-refractivity contribution >= 4 is 44.8 Å². The van der Waals surface area contributed by atoms with Crippen LogP contribution in [0.15, 0.2) is 29.4 Å². The van der Waals surface area contributed by atoms with Gasteiger partial charge in [0.25, 0.3) is 5.90 Å². The minimum absolute atomic E-state index is 0.0433. The van der Waals surface area contributed by atoms with Gasteiger partial charge in [0.2, 0.25) is 0 Å². The van der Waals surface area contributed by atoms with E-state index < -0.39 is 0 Å². The predicted octanol–water partition coefficient (Wildman–Crippen LogP) is 2.24. The lowest BCUT2D eigenvalue weighted by Gasteiger charge is -1.98. The van der Waals surface area contributed by atoms with Crippen molar-refractivity contribution in [2.45, 2.75) is 0 Å². The van der Waals surface area contributed by atoms with Gasteiger partial charge in [0.05, 0.1) is 10.1 Å². The topological polar surface area (TPSA) is 51.0 Å². The molecule has 4 nitrogen and oxygen atoms in total. The number of halogens is 2. The van der Waals surface area contributed by atoms with Crippen LogP contribution >= 0.6 is 35.4 Å². The monoisotopic (exact) mass is 445 g/mol. The third-order valence-corrected chi connectivity index (χ3v) is 6.10. The van der Waals surface area contributed by atoms with Crippen LogP contribution in [-0.2, 0) is 4.84 Å². The second-order valence-corrected chi connectivity index (χ2v) is 7.16. The molecule has 1 aliphatic heterocycles. The van der Waals surface area contributed by atoms with E-state index in [1.807, 2.05) is 24.3 Å². The summed E-state index contributed by atoms with van der Waals surface area (Å²) in [6.07, 6.45) is 0. The van der Waals surface area contributed by atoms with Gasteiger partial charge >= 0.3 is 0 Å². The summed E-state index contributed by atoms with van der Waals surface area (Å²) in [4.78, 5) is 4.94. The fraction of sp³-hybridized carbons (Fsp3) is 0.200. The van der Waals surface area contributed by atoms with Crippen LogP contribution in [0.3, 0.4) is 0 Å². The van der Waals surface area contributed by atoms with Crippen molar-refractivity contribution < 1.29 is 14.7 Å². The molecule has 0 amide bonds. The zero-order valence-electron chi connectivity index (χ0n) is 8.19. The fourth-order valence-electron chi connectivity index (χ4n) is 1.27. The molecule has 1 N–H and O–H groups in total. The Labute approximate surface area is 113 Å². The number of fused-ring (bicyclic) bond motifs is 1. The van der Waals surface area contributed by atoms with E-state index in [1.165, 1.54) is 0 Å². The van der Waals surface area contributed by atoms with Crippen molar-refractivity contribution in [3.63, 3.8) is 0 Å². The molecule has 0 spiro atoms.